The highest BCUT2D eigenvalue weighted by Crippen LogP contribution is 2.14. The fraction of sp³-hybridized carbons (Fsp3) is 0.263. The number of aromatic nitrogens is 3. The number of aryl methyl sites for hydroxylation is 1. The molecule has 0 radical (unpaired) electrons. The Morgan fingerprint density at radius 1 is 1.04 bits per heavy atom. The molecule has 0 atom stereocenters. The van der Waals surface area contributed by atoms with Crippen molar-refractivity contribution in [3.05, 3.63) is 63.9 Å². The summed E-state index contributed by atoms with van der Waals surface area (Å²) in [5.41, 5.74) is 1.21. The van der Waals surface area contributed by atoms with Crippen molar-refractivity contribution in [2.45, 2.75) is 32.2 Å². The van der Waals surface area contributed by atoms with Crippen LogP contribution in [0.25, 0.3) is 10.9 Å². The van der Waals surface area contributed by atoms with Crippen molar-refractivity contribution in [2.75, 3.05) is 5.32 Å². The van der Waals surface area contributed by atoms with Crippen molar-refractivity contribution in [1.82, 2.24) is 15.0 Å². The SMILES string of the molecule is O=C(CCCCCn1nnc2ccccc2c1=O)Nc1ccc(Cl)cc1. The molecular weight excluding hydrogens is 352 g/mol. The van der Waals surface area contributed by atoms with Gasteiger partial charge in [-0.25, -0.2) is 4.68 Å². The second-order valence-electron chi connectivity index (χ2n) is 6.00. The molecule has 0 saturated carbocycles. The molecule has 134 valence electrons. The first-order valence-corrected chi connectivity index (χ1v) is 8.89. The van der Waals surface area contributed by atoms with Crippen molar-refractivity contribution in [1.29, 1.82) is 0 Å². The van der Waals surface area contributed by atoms with Crippen molar-refractivity contribution in [3.63, 3.8) is 0 Å². The molecule has 0 aliphatic rings. The number of carbonyl (C=O) groups excluding carboxylic acids is 1. The second kappa shape index (κ2) is 8.58. The zero-order valence-electron chi connectivity index (χ0n) is 14.2. The molecule has 0 unspecified atom stereocenters. The molecule has 3 aromatic rings. The standard InChI is InChI=1S/C19H19ClN4O2/c20-14-9-11-15(12-10-14)21-18(25)8-2-1-5-13-24-19(26)16-6-3-4-7-17(16)22-23-24/h3-4,6-7,9-12H,1-2,5,8,13H2,(H,21,25). The Hall–Kier alpha value is -2.73. The summed E-state index contributed by atoms with van der Waals surface area (Å²) in [4.78, 5) is 24.2. The third-order valence-corrected chi connectivity index (χ3v) is 4.28. The number of benzene rings is 2. The number of unbranched alkanes of at least 4 members (excludes halogenated alkanes) is 2. The first-order chi connectivity index (χ1) is 12.6. The van der Waals surface area contributed by atoms with Gasteiger partial charge in [-0.1, -0.05) is 35.4 Å². The first-order valence-electron chi connectivity index (χ1n) is 8.51. The zero-order chi connectivity index (χ0) is 18.4. The quantitative estimate of drug-likeness (QED) is 0.644. The van der Waals surface area contributed by atoms with Crippen LogP contribution in [0.4, 0.5) is 5.69 Å². The molecule has 1 heterocycles. The van der Waals surface area contributed by atoms with E-state index in [1.165, 1.54) is 4.68 Å². The molecular formula is C19H19ClN4O2. The summed E-state index contributed by atoms with van der Waals surface area (Å²) in [6, 6.07) is 14.2. The van der Waals surface area contributed by atoms with Crippen LogP contribution < -0.4 is 10.9 Å². The Balaban J connectivity index is 1.43. The maximum Gasteiger partial charge on any atom is 0.277 e. The Morgan fingerprint density at radius 2 is 1.81 bits per heavy atom. The highest BCUT2D eigenvalue weighted by atomic mass is 35.5. The fourth-order valence-corrected chi connectivity index (χ4v) is 2.78. The lowest BCUT2D eigenvalue weighted by atomic mass is 10.2. The van der Waals surface area contributed by atoms with Gasteiger partial charge in [0, 0.05) is 23.7 Å². The minimum Gasteiger partial charge on any atom is -0.326 e. The van der Waals surface area contributed by atoms with Gasteiger partial charge in [0.05, 0.1) is 5.39 Å². The van der Waals surface area contributed by atoms with E-state index >= 15 is 0 Å². The van der Waals surface area contributed by atoms with Gasteiger partial charge >= 0.3 is 0 Å². The predicted molar refractivity (Wildman–Crippen MR) is 102 cm³/mol. The fourth-order valence-electron chi connectivity index (χ4n) is 2.65. The summed E-state index contributed by atoms with van der Waals surface area (Å²) in [5.74, 6) is -0.0324. The van der Waals surface area contributed by atoms with Crippen LogP contribution in [0.3, 0.4) is 0 Å². The van der Waals surface area contributed by atoms with Crippen LogP contribution in [0.1, 0.15) is 25.7 Å². The predicted octanol–water partition coefficient (Wildman–Crippen LogP) is 3.64. The number of anilines is 1. The van der Waals surface area contributed by atoms with E-state index in [9.17, 15) is 9.59 Å². The average molecular weight is 371 g/mol. The summed E-state index contributed by atoms with van der Waals surface area (Å²) in [7, 11) is 0. The minimum absolute atomic E-state index is 0.0324. The van der Waals surface area contributed by atoms with Gasteiger partial charge in [0.2, 0.25) is 5.91 Å². The van der Waals surface area contributed by atoms with E-state index in [0.29, 0.717) is 28.9 Å². The second-order valence-corrected chi connectivity index (χ2v) is 6.44. The summed E-state index contributed by atoms with van der Waals surface area (Å²) < 4.78 is 1.39. The first kappa shape index (κ1) is 18.1. The van der Waals surface area contributed by atoms with Crippen LogP contribution in [-0.4, -0.2) is 20.9 Å². The van der Waals surface area contributed by atoms with Gasteiger partial charge < -0.3 is 5.32 Å². The molecule has 1 N–H and O–H groups in total. The van der Waals surface area contributed by atoms with Crippen LogP contribution in [0, 0.1) is 0 Å². The molecule has 6 nitrogen and oxygen atoms in total. The van der Waals surface area contributed by atoms with Crippen LogP contribution >= 0.6 is 11.6 Å². The molecule has 0 saturated heterocycles. The lowest BCUT2D eigenvalue weighted by Gasteiger charge is -2.06. The third-order valence-electron chi connectivity index (χ3n) is 4.03. The molecule has 26 heavy (non-hydrogen) atoms. The largest absolute Gasteiger partial charge is 0.326 e. The van der Waals surface area contributed by atoms with Crippen molar-refractivity contribution >= 4 is 34.1 Å². The molecule has 3 rings (SSSR count). The van der Waals surface area contributed by atoms with E-state index in [1.807, 2.05) is 12.1 Å². The zero-order valence-corrected chi connectivity index (χ0v) is 14.9. The monoisotopic (exact) mass is 370 g/mol. The molecule has 0 bridgehead atoms. The number of hydrogen-bond acceptors (Lipinski definition) is 4. The normalized spacial score (nSPS) is 10.8. The number of nitrogens with zero attached hydrogens (tertiary/aromatic N) is 3. The van der Waals surface area contributed by atoms with E-state index in [2.05, 4.69) is 15.6 Å². The molecule has 0 fully saturated rings. The number of amides is 1. The van der Waals surface area contributed by atoms with Gasteiger partial charge in [0.15, 0.2) is 0 Å². The van der Waals surface area contributed by atoms with Gasteiger partial charge in [-0.3, -0.25) is 9.59 Å². The van der Waals surface area contributed by atoms with E-state index in [4.69, 9.17) is 11.6 Å². The molecule has 0 aliphatic heterocycles. The highest BCUT2D eigenvalue weighted by Gasteiger charge is 2.05. The van der Waals surface area contributed by atoms with E-state index < -0.39 is 0 Å². The Kier molecular flexibility index (Phi) is 5.96. The van der Waals surface area contributed by atoms with E-state index in [0.717, 1.165) is 24.9 Å². The van der Waals surface area contributed by atoms with Gasteiger partial charge in [0.25, 0.3) is 5.56 Å². The number of fused-ring (bicyclic) bond motifs is 1. The maximum absolute atomic E-state index is 12.3. The smallest absolute Gasteiger partial charge is 0.277 e. The number of hydrogen-bond donors (Lipinski definition) is 1. The van der Waals surface area contributed by atoms with Gasteiger partial charge in [-0.2, -0.15) is 0 Å². The lowest BCUT2D eigenvalue weighted by Crippen LogP contribution is -2.24. The van der Waals surface area contributed by atoms with Crippen molar-refractivity contribution in [2.24, 2.45) is 0 Å². The summed E-state index contributed by atoms with van der Waals surface area (Å²) in [6.45, 7) is 0.496. The van der Waals surface area contributed by atoms with Gasteiger partial charge in [0.1, 0.15) is 5.52 Å². The van der Waals surface area contributed by atoms with Crippen LogP contribution in [0.5, 0.6) is 0 Å². The van der Waals surface area contributed by atoms with Crippen LogP contribution in [-0.2, 0) is 11.3 Å². The molecule has 1 amide bonds. The van der Waals surface area contributed by atoms with Crippen LogP contribution in [0.2, 0.25) is 5.02 Å². The number of rotatable bonds is 7. The van der Waals surface area contributed by atoms with E-state index in [-0.39, 0.29) is 11.5 Å². The molecule has 0 spiro atoms. The number of carbonyl (C=O) groups is 1. The molecule has 1 aromatic heterocycles. The van der Waals surface area contributed by atoms with E-state index in [1.54, 1.807) is 36.4 Å². The minimum atomic E-state index is -0.129. The summed E-state index contributed by atoms with van der Waals surface area (Å²) in [5, 5.41) is 12.1. The Labute approximate surface area is 155 Å². The number of nitrogens with one attached hydrogen (secondary N) is 1. The number of halogens is 1. The van der Waals surface area contributed by atoms with Crippen LogP contribution in [0.15, 0.2) is 53.3 Å². The topological polar surface area (TPSA) is 76.9 Å². The highest BCUT2D eigenvalue weighted by molar-refractivity contribution is 6.30. The maximum atomic E-state index is 12.3. The average Bonchev–Trinajstić information content (AvgIpc) is 2.65. The third kappa shape index (κ3) is 4.67. The Bertz CT molecular complexity index is 954. The summed E-state index contributed by atoms with van der Waals surface area (Å²) >= 11 is 5.81. The molecule has 2 aromatic carbocycles. The van der Waals surface area contributed by atoms with Gasteiger partial charge in [-0.05, 0) is 49.2 Å². The molecule has 0 aliphatic carbocycles. The molecule has 7 heteroatoms. The summed E-state index contributed by atoms with van der Waals surface area (Å²) in [6.07, 6.45) is 2.77. The van der Waals surface area contributed by atoms with Crippen molar-refractivity contribution in [3.8, 4) is 0 Å². The van der Waals surface area contributed by atoms with Gasteiger partial charge in [-0.15, -0.1) is 5.10 Å². The lowest BCUT2D eigenvalue weighted by molar-refractivity contribution is -0.116. The Morgan fingerprint density at radius 3 is 2.62 bits per heavy atom. The van der Waals surface area contributed by atoms with Crippen molar-refractivity contribution < 1.29 is 4.79 Å².